The highest BCUT2D eigenvalue weighted by atomic mass is 35.5. The summed E-state index contributed by atoms with van der Waals surface area (Å²) in [6, 6.07) is 13.3. The molecule has 0 fully saturated rings. The summed E-state index contributed by atoms with van der Waals surface area (Å²) in [7, 11) is 0. The molecule has 0 unspecified atom stereocenters. The van der Waals surface area contributed by atoms with Crippen LogP contribution >= 0.6 is 11.6 Å². The predicted molar refractivity (Wildman–Crippen MR) is 227 cm³/mol. The molecule has 0 spiro atoms. The van der Waals surface area contributed by atoms with Crippen molar-refractivity contribution in [3.8, 4) is 17.1 Å². The number of unbranched alkanes of at least 4 members (excludes halogenated alkanes) is 2. The second-order valence-corrected chi connectivity index (χ2v) is 14.0. The molecule has 2 aromatic carbocycles. The minimum atomic E-state index is -0.259. The summed E-state index contributed by atoms with van der Waals surface area (Å²) in [5.74, 6) is 2.52. The molecule has 4 aromatic rings. The van der Waals surface area contributed by atoms with Crippen molar-refractivity contribution in [2.24, 2.45) is 5.92 Å². The molecule has 1 amide bonds. The molecule has 0 aliphatic carbocycles. The third-order valence-corrected chi connectivity index (χ3v) is 7.99. The molecule has 0 bridgehead atoms. The van der Waals surface area contributed by atoms with Gasteiger partial charge in [0.1, 0.15) is 17.6 Å². The van der Waals surface area contributed by atoms with Gasteiger partial charge in [-0.2, -0.15) is 4.98 Å². The lowest BCUT2D eigenvalue weighted by Crippen LogP contribution is -2.24. The average Bonchev–Trinajstić information content (AvgIpc) is 3.65. The van der Waals surface area contributed by atoms with Crippen LogP contribution in [0.1, 0.15) is 122 Å². The molecule has 0 saturated carbocycles. The molecule has 0 atom stereocenters. The zero-order valence-corrected chi connectivity index (χ0v) is 35.6. The summed E-state index contributed by atoms with van der Waals surface area (Å²) >= 11 is 6.41. The van der Waals surface area contributed by atoms with Gasteiger partial charge in [-0.1, -0.05) is 102 Å². The number of amides is 1. The van der Waals surface area contributed by atoms with Crippen molar-refractivity contribution in [3.05, 3.63) is 70.5 Å². The first-order chi connectivity index (χ1) is 26.4. The highest BCUT2D eigenvalue weighted by molar-refractivity contribution is 6.32. The number of anilines is 4. The van der Waals surface area contributed by atoms with E-state index in [1.165, 1.54) is 19.0 Å². The number of halogens is 1. The fourth-order valence-electron chi connectivity index (χ4n) is 5.02. The van der Waals surface area contributed by atoms with Crippen molar-refractivity contribution in [1.82, 2.24) is 20.4 Å². The van der Waals surface area contributed by atoms with Gasteiger partial charge >= 0.3 is 0 Å². The van der Waals surface area contributed by atoms with Gasteiger partial charge in [0, 0.05) is 37.1 Å². The van der Waals surface area contributed by atoms with E-state index in [0.29, 0.717) is 40.5 Å². The number of rotatable bonds is 18. The quantitative estimate of drug-likeness (QED) is 0.0835. The van der Waals surface area contributed by atoms with Gasteiger partial charge in [0.25, 0.3) is 5.91 Å². The molecule has 4 rings (SSSR count). The highest BCUT2D eigenvalue weighted by Gasteiger charge is 2.19. The maximum absolute atomic E-state index is 12.5. The van der Waals surface area contributed by atoms with Crippen LogP contribution in [0.15, 0.2) is 53.2 Å². The predicted octanol–water partition coefficient (Wildman–Crippen LogP) is 11.7. The Morgan fingerprint density at radius 2 is 1.56 bits per heavy atom. The molecule has 0 aliphatic heterocycles. The van der Waals surface area contributed by atoms with E-state index in [2.05, 4.69) is 72.6 Å². The Morgan fingerprint density at radius 3 is 2.15 bits per heavy atom. The molecule has 12 heteroatoms. The van der Waals surface area contributed by atoms with Crippen LogP contribution in [0.5, 0.6) is 5.75 Å². The number of carbonyl (C=O) groups excluding carboxylic acids is 2. The third-order valence-electron chi connectivity index (χ3n) is 7.72. The van der Waals surface area contributed by atoms with Crippen LogP contribution in [-0.4, -0.2) is 53.7 Å². The van der Waals surface area contributed by atoms with E-state index in [4.69, 9.17) is 30.4 Å². The Labute approximate surface area is 334 Å². The molecule has 2 heterocycles. The molecule has 304 valence electrons. The number of aromatic nitrogens is 3. The van der Waals surface area contributed by atoms with E-state index in [0.717, 1.165) is 73.6 Å². The van der Waals surface area contributed by atoms with E-state index in [1.54, 1.807) is 6.07 Å². The highest BCUT2D eigenvalue weighted by Crippen LogP contribution is 2.37. The van der Waals surface area contributed by atoms with Crippen molar-refractivity contribution in [2.75, 3.05) is 30.4 Å². The largest absolute Gasteiger partial charge is 0.489 e. The van der Waals surface area contributed by atoms with Crippen LogP contribution in [0.3, 0.4) is 0 Å². The summed E-state index contributed by atoms with van der Waals surface area (Å²) in [4.78, 5) is 29.5. The smallest absolute Gasteiger partial charge is 0.273 e. The first-order valence-electron chi connectivity index (χ1n) is 19.5. The minimum Gasteiger partial charge on any atom is -0.489 e. The van der Waals surface area contributed by atoms with Gasteiger partial charge in [-0.3, -0.25) is 4.79 Å². The lowest BCUT2D eigenvalue weighted by molar-refractivity contribution is -0.0980. The summed E-state index contributed by atoms with van der Waals surface area (Å²) in [5.41, 5.74) is 4.46. The zero-order chi connectivity index (χ0) is 41.2. The van der Waals surface area contributed by atoms with Crippen molar-refractivity contribution in [2.45, 2.75) is 120 Å². The molecule has 3 N–H and O–H groups in total. The van der Waals surface area contributed by atoms with Gasteiger partial charge < -0.3 is 34.7 Å². The van der Waals surface area contributed by atoms with Crippen LogP contribution in [0, 0.1) is 19.8 Å². The number of carbonyl (C=O) groups is 2. The number of ether oxygens (including phenoxy) is 2. The van der Waals surface area contributed by atoms with Gasteiger partial charge in [-0.15, -0.1) is 0 Å². The van der Waals surface area contributed by atoms with Crippen LogP contribution < -0.4 is 20.7 Å². The Kier molecular flexibility index (Phi) is 24.7. The summed E-state index contributed by atoms with van der Waals surface area (Å²) < 4.78 is 16.8. The maximum Gasteiger partial charge on any atom is 0.273 e. The third kappa shape index (κ3) is 18.6. The van der Waals surface area contributed by atoms with Crippen molar-refractivity contribution >= 4 is 47.4 Å². The second-order valence-electron chi connectivity index (χ2n) is 13.6. The summed E-state index contributed by atoms with van der Waals surface area (Å²) in [6.45, 7) is 25.4. The fourth-order valence-corrected chi connectivity index (χ4v) is 5.16. The van der Waals surface area contributed by atoms with Crippen LogP contribution in [0.25, 0.3) is 11.3 Å². The molecular formula is C43H65ClN6O5. The number of nitrogens with one attached hydrogen (secondary N) is 3. The van der Waals surface area contributed by atoms with E-state index < -0.39 is 0 Å². The monoisotopic (exact) mass is 780 g/mol. The Balaban J connectivity index is 0.000000856. The number of benzene rings is 2. The first-order valence-corrected chi connectivity index (χ1v) is 19.9. The average molecular weight is 781 g/mol. The fraction of sp³-hybridized carbons (Fsp3) is 0.512. The zero-order valence-electron chi connectivity index (χ0n) is 34.8. The number of para-hydroxylation sites is 1. The Morgan fingerprint density at radius 1 is 0.873 bits per heavy atom. The molecular weight excluding hydrogens is 716 g/mol. The van der Waals surface area contributed by atoms with E-state index >= 15 is 0 Å². The van der Waals surface area contributed by atoms with E-state index in [-0.39, 0.29) is 17.7 Å². The van der Waals surface area contributed by atoms with Crippen molar-refractivity contribution in [1.29, 1.82) is 0 Å². The number of nitrogens with zero attached hydrogens (tertiary/aromatic N) is 3. The minimum absolute atomic E-state index is 0.0662. The van der Waals surface area contributed by atoms with Gasteiger partial charge in [-0.05, 0) is 82.2 Å². The van der Waals surface area contributed by atoms with Gasteiger partial charge in [0.2, 0.25) is 5.95 Å². The van der Waals surface area contributed by atoms with Gasteiger partial charge in [0.15, 0.2) is 17.3 Å². The Bertz CT molecular complexity index is 1660. The lowest BCUT2D eigenvalue weighted by Gasteiger charge is -2.18. The van der Waals surface area contributed by atoms with E-state index in [1.807, 2.05) is 70.9 Å². The molecule has 55 heavy (non-hydrogen) atoms. The SMILES string of the molecule is C=O.CCCC(C)C.CCCCCNC(=O)c1cc(-c2cc(Nc3ncc(Cl)c(Nc4ccccc4C)n3)c(OC(C)C)cc2C)on1.CCCOCCC. The summed E-state index contributed by atoms with van der Waals surface area (Å²) in [6.07, 6.45) is 9.53. The lowest BCUT2D eigenvalue weighted by atomic mass is 10.0. The van der Waals surface area contributed by atoms with Gasteiger partial charge in [-0.25, -0.2) is 4.98 Å². The molecule has 11 nitrogen and oxygen atoms in total. The van der Waals surface area contributed by atoms with Crippen LogP contribution in [-0.2, 0) is 9.53 Å². The molecule has 0 radical (unpaired) electrons. The standard InChI is InChI=1S/C30H35ClN6O3.C6H14O.C6H14.CH2O/c1-6-7-10-13-32-29(38)25-16-26(40-37-25)21-15-24(27(14-20(21)5)39-18(2)3)35-30-33-17-22(31)28(36-30)34-23-12-9-8-11-19(23)4;1-3-5-7-6-4-2;1-4-5-6(2)3;1-2/h8-9,11-12,14-18H,6-7,10,13H2,1-5H3,(H,32,38)(H2,33,34,35,36);3-6H2,1-2H3;6H,4-5H2,1-3H3;1H2. The van der Waals surface area contributed by atoms with Crippen molar-refractivity contribution < 1.29 is 23.6 Å². The van der Waals surface area contributed by atoms with Gasteiger partial charge in [0.05, 0.1) is 18.0 Å². The Hall–Kier alpha value is -4.48. The van der Waals surface area contributed by atoms with Crippen molar-refractivity contribution in [3.63, 3.8) is 0 Å². The number of hydrogen-bond acceptors (Lipinski definition) is 10. The maximum atomic E-state index is 12.5. The topological polar surface area (TPSA) is 140 Å². The second kappa shape index (κ2) is 28.0. The molecule has 0 aliphatic rings. The number of hydrogen-bond donors (Lipinski definition) is 3. The van der Waals surface area contributed by atoms with Crippen LogP contribution in [0.4, 0.5) is 23.1 Å². The molecule has 0 saturated heterocycles. The van der Waals surface area contributed by atoms with Crippen LogP contribution in [0.2, 0.25) is 5.02 Å². The molecule has 2 aromatic heterocycles. The normalized spacial score (nSPS) is 10.3. The summed E-state index contributed by atoms with van der Waals surface area (Å²) in [5, 5.41) is 13.8. The first kappa shape index (κ1) is 48.5. The number of aryl methyl sites for hydroxylation is 2. The van der Waals surface area contributed by atoms with E-state index in [9.17, 15) is 4.79 Å².